The van der Waals surface area contributed by atoms with Crippen molar-refractivity contribution in [1.82, 2.24) is 10.5 Å². The first-order chi connectivity index (χ1) is 11.5. The number of aryl methyl sites for hydroxylation is 2. The molecule has 6 nitrogen and oxygen atoms in total. The van der Waals surface area contributed by atoms with Crippen molar-refractivity contribution in [3.8, 4) is 11.5 Å². The molecule has 2 aromatic rings. The van der Waals surface area contributed by atoms with E-state index in [1.54, 1.807) is 0 Å². The van der Waals surface area contributed by atoms with Gasteiger partial charge in [-0.25, -0.2) is 0 Å². The van der Waals surface area contributed by atoms with Crippen LogP contribution in [0, 0.1) is 13.8 Å². The highest BCUT2D eigenvalue weighted by molar-refractivity contribution is 5.79. The van der Waals surface area contributed by atoms with E-state index in [-0.39, 0.29) is 18.4 Å². The summed E-state index contributed by atoms with van der Waals surface area (Å²) >= 11 is 0. The quantitative estimate of drug-likeness (QED) is 0.933. The number of fused-ring (bicyclic) bond motifs is 1. The van der Waals surface area contributed by atoms with Gasteiger partial charge in [-0.05, 0) is 38.5 Å². The molecule has 1 aliphatic heterocycles. The second-order valence-corrected chi connectivity index (χ2v) is 6.03. The maximum atomic E-state index is 12.3. The molecule has 1 aromatic heterocycles. The van der Waals surface area contributed by atoms with Crippen LogP contribution in [0.3, 0.4) is 0 Å². The topological polar surface area (TPSA) is 73.6 Å². The highest BCUT2D eigenvalue weighted by atomic mass is 16.5. The number of aromatic nitrogens is 1. The van der Waals surface area contributed by atoms with Gasteiger partial charge in [0.1, 0.15) is 5.76 Å². The van der Waals surface area contributed by atoms with Crippen molar-refractivity contribution in [1.29, 1.82) is 0 Å². The Morgan fingerprint density at radius 2 is 2.00 bits per heavy atom. The molecule has 0 aliphatic carbocycles. The second kappa shape index (κ2) is 6.95. The summed E-state index contributed by atoms with van der Waals surface area (Å²) in [4.78, 5) is 12.3. The van der Waals surface area contributed by atoms with Crippen LogP contribution >= 0.6 is 0 Å². The first-order valence-electron chi connectivity index (χ1n) is 8.15. The van der Waals surface area contributed by atoms with Crippen LogP contribution in [0.2, 0.25) is 0 Å². The minimum atomic E-state index is -0.130. The summed E-state index contributed by atoms with van der Waals surface area (Å²) in [6.45, 7) is 6.91. The van der Waals surface area contributed by atoms with Gasteiger partial charge in [-0.3, -0.25) is 4.79 Å². The van der Waals surface area contributed by atoms with E-state index < -0.39 is 0 Å². The van der Waals surface area contributed by atoms with Gasteiger partial charge in [-0.2, -0.15) is 0 Å². The molecule has 0 spiro atoms. The van der Waals surface area contributed by atoms with Crippen LogP contribution in [0.4, 0.5) is 0 Å². The van der Waals surface area contributed by atoms with E-state index in [9.17, 15) is 4.79 Å². The molecule has 0 radical (unpaired) electrons. The Bertz CT molecular complexity index is 719. The van der Waals surface area contributed by atoms with Gasteiger partial charge in [-0.1, -0.05) is 11.2 Å². The number of hydrogen-bond donors (Lipinski definition) is 1. The van der Waals surface area contributed by atoms with Crippen molar-refractivity contribution in [3.63, 3.8) is 0 Å². The molecule has 0 saturated heterocycles. The fourth-order valence-electron chi connectivity index (χ4n) is 2.74. The second-order valence-electron chi connectivity index (χ2n) is 6.03. The van der Waals surface area contributed by atoms with Crippen LogP contribution in [0.25, 0.3) is 0 Å². The Labute approximate surface area is 141 Å². The number of hydrogen-bond acceptors (Lipinski definition) is 5. The van der Waals surface area contributed by atoms with Gasteiger partial charge in [0.25, 0.3) is 0 Å². The zero-order valence-corrected chi connectivity index (χ0v) is 14.2. The van der Waals surface area contributed by atoms with E-state index in [4.69, 9.17) is 14.0 Å². The number of ether oxygens (including phenoxy) is 2. The van der Waals surface area contributed by atoms with E-state index >= 15 is 0 Å². The summed E-state index contributed by atoms with van der Waals surface area (Å²) in [5, 5.41) is 6.88. The molecule has 0 bridgehead atoms. The number of rotatable bonds is 4. The van der Waals surface area contributed by atoms with Crippen molar-refractivity contribution in [2.24, 2.45) is 0 Å². The first-order valence-corrected chi connectivity index (χ1v) is 8.15. The number of nitrogens with one attached hydrogen (secondary N) is 1. The van der Waals surface area contributed by atoms with E-state index in [0.29, 0.717) is 19.0 Å². The van der Waals surface area contributed by atoms with Crippen LogP contribution in [-0.4, -0.2) is 24.3 Å². The Morgan fingerprint density at radius 3 is 2.71 bits per heavy atom. The zero-order chi connectivity index (χ0) is 17.1. The number of carbonyl (C=O) groups is 1. The SMILES string of the molecule is Cc1noc(C)c1CC(=O)NC(C)c1ccc2c(c1)OCCCO2. The molecule has 128 valence electrons. The summed E-state index contributed by atoms with van der Waals surface area (Å²) in [5.74, 6) is 2.11. The Balaban J connectivity index is 1.67. The summed E-state index contributed by atoms with van der Waals surface area (Å²) in [6.07, 6.45) is 1.13. The average molecular weight is 330 g/mol. The number of carbonyl (C=O) groups excluding carboxylic acids is 1. The van der Waals surface area contributed by atoms with E-state index in [2.05, 4.69) is 10.5 Å². The van der Waals surface area contributed by atoms with Gasteiger partial charge in [0.2, 0.25) is 5.91 Å². The van der Waals surface area contributed by atoms with Crippen molar-refractivity contribution in [2.75, 3.05) is 13.2 Å². The predicted octanol–water partition coefficient (Wildman–Crippen LogP) is 2.87. The zero-order valence-electron chi connectivity index (χ0n) is 14.2. The monoisotopic (exact) mass is 330 g/mol. The van der Waals surface area contributed by atoms with Crippen molar-refractivity contribution < 1.29 is 18.8 Å². The highest BCUT2D eigenvalue weighted by Gasteiger charge is 2.17. The van der Waals surface area contributed by atoms with Crippen molar-refractivity contribution in [2.45, 2.75) is 39.7 Å². The highest BCUT2D eigenvalue weighted by Crippen LogP contribution is 2.32. The molecular weight excluding hydrogens is 308 g/mol. The molecule has 1 aromatic carbocycles. The van der Waals surface area contributed by atoms with E-state index in [1.165, 1.54) is 0 Å². The average Bonchev–Trinajstić information content (AvgIpc) is 2.78. The first kappa shape index (κ1) is 16.4. The number of amides is 1. The molecule has 1 unspecified atom stereocenters. The smallest absolute Gasteiger partial charge is 0.225 e. The minimum Gasteiger partial charge on any atom is -0.490 e. The van der Waals surface area contributed by atoms with Gasteiger partial charge >= 0.3 is 0 Å². The lowest BCUT2D eigenvalue weighted by molar-refractivity contribution is -0.121. The standard InChI is InChI=1S/C18H22N2O4/c1-11(19-18(21)10-15-12(2)20-24-13(15)3)14-5-6-16-17(9-14)23-8-4-7-22-16/h5-6,9,11H,4,7-8,10H2,1-3H3,(H,19,21). The number of nitrogens with zero attached hydrogens (tertiary/aromatic N) is 1. The van der Waals surface area contributed by atoms with Crippen molar-refractivity contribution in [3.05, 3.63) is 40.8 Å². The normalized spacial score (nSPS) is 14.8. The van der Waals surface area contributed by atoms with Crippen LogP contribution in [0.5, 0.6) is 11.5 Å². The van der Waals surface area contributed by atoms with Crippen LogP contribution in [0.15, 0.2) is 22.7 Å². The fourth-order valence-corrected chi connectivity index (χ4v) is 2.74. The minimum absolute atomic E-state index is 0.0657. The lowest BCUT2D eigenvalue weighted by atomic mass is 10.1. The molecule has 2 heterocycles. The van der Waals surface area contributed by atoms with E-state index in [0.717, 1.165) is 34.7 Å². The van der Waals surface area contributed by atoms with Gasteiger partial charge in [0.15, 0.2) is 11.5 Å². The maximum Gasteiger partial charge on any atom is 0.225 e. The molecule has 1 N–H and O–H groups in total. The third-order valence-electron chi connectivity index (χ3n) is 4.17. The largest absolute Gasteiger partial charge is 0.490 e. The molecule has 3 rings (SSSR count). The Morgan fingerprint density at radius 1 is 1.25 bits per heavy atom. The summed E-state index contributed by atoms with van der Waals surface area (Å²) in [6, 6.07) is 5.65. The fraction of sp³-hybridized carbons (Fsp3) is 0.444. The van der Waals surface area contributed by atoms with Crippen molar-refractivity contribution >= 4 is 5.91 Å². The third kappa shape index (κ3) is 3.53. The molecule has 24 heavy (non-hydrogen) atoms. The van der Waals surface area contributed by atoms with Crippen LogP contribution in [0.1, 0.15) is 42.0 Å². The molecule has 1 atom stereocenters. The molecule has 1 amide bonds. The Kier molecular flexibility index (Phi) is 4.74. The summed E-state index contributed by atoms with van der Waals surface area (Å²) in [5.41, 5.74) is 2.58. The summed E-state index contributed by atoms with van der Waals surface area (Å²) in [7, 11) is 0. The molecule has 0 saturated carbocycles. The van der Waals surface area contributed by atoms with Gasteiger partial charge < -0.3 is 19.3 Å². The van der Waals surface area contributed by atoms with Crippen LogP contribution in [-0.2, 0) is 11.2 Å². The van der Waals surface area contributed by atoms with Gasteiger partial charge in [-0.15, -0.1) is 0 Å². The molecule has 1 aliphatic rings. The van der Waals surface area contributed by atoms with Gasteiger partial charge in [0.05, 0.1) is 31.4 Å². The summed E-state index contributed by atoms with van der Waals surface area (Å²) < 4.78 is 16.4. The molecule has 0 fully saturated rings. The van der Waals surface area contributed by atoms with E-state index in [1.807, 2.05) is 39.0 Å². The lowest BCUT2D eigenvalue weighted by Gasteiger charge is -2.16. The van der Waals surface area contributed by atoms with Crippen LogP contribution < -0.4 is 14.8 Å². The lowest BCUT2D eigenvalue weighted by Crippen LogP contribution is -2.28. The molecular formula is C18H22N2O4. The molecule has 6 heteroatoms. The third-order valence-corrected chi connectivity index (χ3v) is 4.17. The maximum absolute atomic E-state index is 12.3. The predicted molar refractivity (Wildman–Crippen MR) is 88.3 cm³/mol. The Hall–Kier alpha value is -2.50. The van der Waals surface area contributed by atoms with Gasteiger partial charge in [0, 0.05) is 12.0 Å². The number of benzene rings is 1.